The molecule has 0 saturated carbocycles. The van der Waals surface area contributed by atoms with Crippen LogP contribution in [0.4, 0.5) is 4.39 Å². The van der Waals surface area contributed by atoms with Crippen LogP contribution < -0.4 is 5.32 Å². The lowest BCUT2D eigenvalue weighted by Gasteiger charge is -2.36. The summed E-state index contributed by atoms with van der Waals surface area (Å²) in [5, 5.41) is 3.32. The maximum Gasteiger partial charge on any atom is 0.143 e. The Hall–Kier alpha value is -0.740. The van der Waals surface area contributed by atoms with Crippen LogP contribution in [0.1, 0.15) is 38.2 Å². The van der Waals surface area contributed by atoms with Crippen LogP contribution in [-0.2, 0) is 11.2 Å². The van der Waals surface area contributed by atoms with Crippen LogP contribution in [0.5, 0.6) is 0 Å². The van der Waals surface area contributed by atoms with Gasteiger partial charge in [0.05, 0.1) is 0 Å². The lowest BCUT2D eigenvalue weighted by atomic mass is 9.70. The molecule has 0 bridgehead atoms. The van der Waals surface area contributed by atoms with E-state index in [-0.39, 0.29) is 17.0 Å². The number of piperidine rings is 1. The molecule has 1 saturated heterocycles. The number of carbonyl (C=O) groups is 1. The molecule has 0 atom stereocenters. The van der Waals surface area contributed by atoms with Gasteiger partial charge < -0.3 is 5.32 Å². The fraction of sp³-hybridized carbons (Fsp3) is 0.562. The normalized spacial score (nSPS) is 17.9. The number of ketones is 1. The molecule has 1 aliphatic rings. The number of halogens is 2. The maximum absolute atomic E-state index is 13.4. The standard InChI is InChI=1S/C16H21BrFNO/c1-2-3-16(4-6-19-7-5-16)15(20)10-12-8-13(17)11-14(18)9-12/h8-9,11,19H,2-7,10H2,1H3. The zero-order chi connectivity index (χ0) is 14.6. The molecule has 1 N–H and O–H groups in total. The van der Waals surface area contributed by atoms with Gasteiger partial charge in [0.15, 0.2) is 0 Å². The van der Waals surface area contributed by atoms with E-state index < -0.39 is 0 Å². The topological polar surface area (TPSA) is 29.1 Å². The van der Waals surface area contributed by atoms with Crippen LogP contribution in [-0.4, -0.2) is 18.9 Å². The number of nitrogens with one attached hydrogen (secondary N) is 1. The molecular formula is C16H21BrFNO. The highest BCUT2D eigenvalue weighted by Gasteiger charge is 2.37. The van der Waals surface area contributed by atoms with Gasteiger partial charge in [0.1, 0.15) is 11.6 Å². The highest BCUT2D eigenvalue weighted by molar-refractivity contribution is 9.10. The van der Waals surface area contributed by atoms with E-state index in [9.17, 15) is 9.18 Å². The number of hydrogen-bond acceptors (Lipinski definition) is 2. The first-order valence-corrected chi connectivity index (χ1v) is 8.04. The highest BCUT2D eigenvalue weighted by atomic mass is 79.9. The van der Waals surface area contributed by atoms with Crippen LogP contribution in [0.2, 0.25) is 0 Å². The lowest BCUT2D eigenvalue weighted by molar-refractivity contribution is -0.130. The SMILES string of the molecule is CCCC1(C(=O)Cc2cc(F)cc(Br)c2)CCNCC1. The largest absolute Gasteiger partial charge is 0.317 e. The van der Waals surface area contributed by atoms with Crippen molar-refractivity contribution >= 4 is 21.7 Å². The van der Waals surface area contributed by atoms with Gasteiger partial charge in [0.2, 0.25) is 0 Å². The molecule has 1 heterocycles. The Morgan fingerprint density at radius 1 is 1.35 bits per heavy atom. The van der Waals surface area contributed by atoms with Gasteiger partial charge in [-0.25, -0.2) is 4.39 Å². The number of rotatable bonds is 5. The summed E-state index contributed by atoms with van der Waals surface area (Å²) >= 11 is 3.28. The Morgan fingerprint density at radius 3 is 2.65 bits per heavy atom. The van der Waals surface area contributed by atoms with E-state index in [1.54, 1.807) is 0 Å². The third-order valence-corrected chi connectivity index (χ3v) is 4.63. The molecule has 2 nitrogen and oxygen atoms in total. The molecule has 0 spiro atoms. The van der Waals surface area contributed by atoms with E-state index >= 15 is 0 Å². The number of hydrogen-bond donors (Lipinski definition) is 1. The minimum atomic E-state index is -0.294. The molecule has 110 valence electrons. The van der Waals surface area contributed by atoms with Gasteiger partial charge in [-0.05, 0) is 56.1 Å². The van der Waals surface area contributed by atoms with Crippen molar-refractivity contribution in [1.82, 2.24) is 5.32 Å². The lowest BCUT2D eigenvalue weighted by Crippen LogP contribution is -2.42. The van der Waals surface area contributed by atoms with Crippen molar-refractivity contribution in [2.24, 2.45) is 5.41 Å². The smallest absolute Gasteiger partial charge is 0.143 e. The minimum absolute atomic E-state index is 0.210. The van der Waals surface area contributed by atoms with Crippen molar-refractivity contribution in [2.45, 2.75) is 39.0 Å². The van der Waals surface area contributed by atoms with Crippen LogP contribution in [0.3, 0.4) is 0 Å². The highest BCUT2D eigenvalue weighted by Crippen LogP contribution is 2.36. The average molecular weight is 342 g/mol. The molecule has 4 heteroatoms. The average Bonchev–Trinajstić information content (AvgIpc) is 2.38. The molecule has 0 aromatic heterocycles. The zero-order valence-corrected chi connectivity index (χ0v) is 13.4. The number of Topliss-reactive ketones (excluding diaryl/α,β-unsaturated/α-hetero) is 1. The molecule has 0 radical (unpaired) electrons. The van der Waals surface area contributed by atoms with E-state index in [1.165, 1.54) is 12.1 Å². The van der Waals surface area contributed by atoms with E-state index in [1.807, 2.05) is 6.07 Å². The van der Waals surface area contributed by atoms with E-state index in [0.29, 0.717) is 10.9 Å². The number of carbonyl (C=O) groups excluding carboxylic acids is 1. The summed E-state index contributed by atoms with van der Waals surface area (Å²) in [6.07, 6.45) is 4.07. The maximum atomic E-state index is 13.4. The zero-order valence-electron chi connectivity index (χ0n) is 11.8. The summed E-state index contributed by atoms with van der Waals surface area (Å²) in [5.41, 5.74) is 0.551. The second-order valence-corrected chi connectivity index (χ2v) is 6.57. The van der Waals surface area contributed by atoms with E-state index in [2.05, 4.69) is 28.2 Å². The van der Waals surface area contributed by atoms with E-state index in [0.717, 1.165) is 44.3 Å². The summed E-state index contributed by atoms with van der Waals surface area (Å²) in [5.74, 6) is -0.0321. The van der Waals surface area contributed by atoms with Crippen molar-refractivity contribution in [3.8, 4) is 0 Å². The van der Waals surface area contributed by atoms with Gasteiger partial charge in [-0.3, -0.25) is 4.79 Å². The summed E-state index contributed by atoms with van der Waals surface area (Å²) in [7, 11) is 0. The fourth-order valence-electron chi connectivity index (χ4n) is 3.14. The van der Waals surface area contributed by atoms with E-state index in [4.69, 9.17) is 0 Å². The van der Waals surface area contributed by atoms with Gasteiger partial charge in [0, 0.05) is 16.3 Å². The van der Waals surface area contributed by atoms with Crippen LogP contribution in [0.15, 0.2) is 22.7 Å². The predicted octanol–water partition coefficient (Wildman–Crippen LogP) is 3.87. The van der Waals surface area contributed by atoms with Gasteiger partial charge in [-0.15, -0.1) is 0 Å². The minimum Gasteiger partial charge on any atom is -0.317 e. The second-order valence-electron chi connectivity index (χ2n) is 5.66. The van der Waals surface area contributed by atoms with Crippen molar-refractivity contribution in [3.63, 3.8) is 0 Å². The molecule has 20 heavy (non-hydrogen) atoms. The molecule has 1 aromatic carbocycles. The Bertz CT molecular complexity index is 458. The summed E-state index contributed by atoms with van der Waals surface area (Å²) < 4.78 is 14.1. The Balaban J connectivity index is 2.15. The fourth-order valence-corrected chi connectivity index (χ4v) is 3.65. The molecule has 0 amide bonds. The van der Waals surface area contributed by atoms with Crippen LogP contribution in [0, 0.1) is 11.2 Å². The second kappa shape index (κ2) is 6.81. The van der Waals surface area contributed by atoms with Crippen LogP contribution in [0.25, 0.3) is 0 Å². The quantitative estimate of drug-likeness (QED) is 0.880. The Kier molecular flexibility index (Phi) is 5.33. The first kappa shape index (κ1) is 15.6. The van der Waals surface area contributed by atoms with Crippen LogP contribution >= 0.6 is 15.9 Å². The predicted molar refractivity (Wildman–Crippen MR) is 82.3 cm³/mol. The molecule has 1 aliphatic heterocycles. The number of benzene rings is 1. The van der Waals surface area contributed by atoms with Crippen molar-refractivity contribution in [3.05, 3.63) is 34.1 Å². The summed E-state index contributed by atoms with van der Waals surface area (Å²) in [4.78, 5) is 12.7. The molecule has 2 rings (SSSR count). The molecular weight excluding hydrogens is 321 g/mol. The Morgan fingerprint density at radius 2 is 2.05 bits per heavy atom. The van der Waals surface area contributed by atoms with Gasteiger partial charge in [0.25, 0.3) is 0 Å². The first-order valence-electron chi connectivity index (χ1n) is 7.25. The summed E-state index contributed by atoms with van der Waals surface area (Å²) in [6.45, 7) is 3.92. The Labute approximate surface area is 128 Å². The third-order valence-electron chi connectivity index (χ3n) is 4.17. The summed E-state index contributed by atoms with van der Waals surface area (Å²) in [6, 6.07) is 4.71. The third kappa shape index (κ3) is 3.67. The monoisotopic (exact) mass is 341 g/mol. The van der Waals surface area contributed by atoms with Crippen molar-refractivity contribution < 1.29 is 9.18 Å². The van der Waals surface area contributed by atoms with Crippen molar-refractivity contribution in [1.29, 1.82) is 0 Å². The molecule has 0 unspecified atom stereocenters. The van der Waals surface area contributed by atoms with Crippen molar-refractivity contribution in [2.75, 3.05) is 13.1 Å². The van der Waals surface area contributed by atoms with Gasteiger partial charge in [-0.2, -0.15) is 0 Å². The first-order chi connectivity index (χ1) is 9.55. The van der Waals surface area contributed by atoms with Gasteiger partial charge in [-0.1, -0.05) is 29.3 Å². The molecule has 0 aliphatic carbocycles. The molecule has 1 fully saturated rings. The van der Waals surface area contributed by atoms with Gasteiger partial charge >= 0.3 is 0 Å². The molecule has 1 aromatic rings.